The van der Waals surface area contributed by atoms with Gasteiger partial charge in [-0.1, -0.05) is 18.2 Å². The van der Waals surface area contributed by atoms with E-state index in [1.165, 1.54) is 15.3 Å². The first kappa shape index (κ1) is 17.3. The number of para-hydroxylation sites is 2. The molecule has 0 aliphatic carbocycles. The van der Waals surface area contributed by atoms with Crippen LogP contribution in [0.1, 0.15) is 21.4 Å². The van der Waals surface area contributed by atoms with E-state index in [0.717, 1.165) is 13.0 Å². The Labute approximate surface area is 161 Å². The van der Waals surface area contributed by atoms with Crippen molar-refractivity contribution in [1.29, 1.82) is 0 Å². The molecule has 2 aromatic heterocycles. The molecule has 1 aliphatic heterocycles. The van der Waals surface area contributed by atoms with Gasteiger partial charge in [-0.15, -0.1) is 22.7 Å². The summed E-state index contributed by atoms with van der Waals surface area (Å²) in [5.41, 5.74) is 2.05. The summed E-state index contributed by atoms with van der Waals surface area (Å²) >= 11 is 3.56. The number of nitrogens with zero attached hydrogens (tertiary/aromatic N) is 1. The smallest absolute Gasteiger partial charge is 0.238 e. The Balaban J connectivity index is 1.54. The molecule has 26 heavy (non-hydrogen) atoms. The SMILES string of the molecule is COc1ccccc1NC(=O)CN1CCc2sccc2[C@@H]1c1cccs1. The number of amides is 1. The van der Waals surface area contributed by atoms with E-state index in [2.05, 4.69) is 39.2 Å². The molecule has 3 aromatic rings. The zero-order valence-electron chi connectivity index (χ0n) is 14.5. The van der Waals surface area contributed by atoms with Crippen LogP contribution in [0.25, 0.3) is 0 Å². The molecule has 0 saturated heterocycles. The van der Waals surface area contributed by atoms with Gasteiger partial charge < -0.3 is 10.1 Å². The van der Waals surface area contributed by atoms with Gasteiger partial charge in [0.15, 0.2) is 0 Å². The molecular formula is C20H20N2O2S2. The fraction of sp³-hybridized carbons (Fsp3) is 0.250. The Bertz CT molecular complexity index is 889. The summed E-state index contributed by atoms with van der Waals surface area (Å²) in [4.78, 5) is 17.7. The summed E-state index contributed by atoms with van der Waals surface area (Å²) in [7, 11) is 1.61. The van der Waals surface area contributed by atoms with Crippen LogP contribution in [0.4, 0.5) is 5.69 Å². The van der Waals surface area contributed by atoms with Gasteiger partial charge in [0, 0.05) is 16.3 Å². The molecule has 6 heteroatoms. The highest BCUT2D eigenvalue weighted by molar-refractivity contribution is 7.10. The van der Waals surface area contributed by atoms with Gasteiger partial charge in [-0.2, -0.15) is 0 Å². The van der Waals surface area contributed by atoms with Crippen molar-refractivity contribution in [2.24, 2.45) is 0 Å². The van der Waals surface area contributed by atoms with E-state index in [1.807, 2.05) is 35.6 Å². The number of carbonyl (C=O) groups excluding carboxylic acids is 1. The molecule has 0 unspecified atom stereocenters. The van der Waals surface area contributed by atoms with Gasteiger partial charge >= 0.3 is 0 Å². The predicted molar refractivity (Wildman–Crippen MR) is 107 cm³/mol. The largest absolute Gasteiger partial charge is 0.495 e. The van der Waals surface area contributed by atoms with E-state index in [4.69, 9.17) is 4.74 Å². The molecule has 1 N–H and O–H groups in total. The molecular weight excluding hydrogens is 364 g/mol. The monoisotopic (exact) mass is 384 g/mol. The third-order valence-electron chi connectivity index (χ3n) is 4.61. The molecule has 1 atom stereocenters. The third kappa shape index (κ3) is 3.40. The minimum absolute atomic E-state index is 0.0188. The summed E-state index contributed by atoms with van der Waals surface area (Å²) in [6.45, 7) is 1.24. The van der Waals surface area contributed by atoms with Gasteiger partial charge in [0.2, 0.25) is 5.91 Å². The number of methoxy groups -OCH3 is 1. The number of hydrogen-bond donors (Lipinski definition) is 1. The summed E-state index contributed by atoms with van der Waals surface area (Å²) in [6.07, 6.45) is 0.997. The van der Waals surface area contributed by atoms with Crippen molar-refractivity contribution >= 4 is 34.3 Å². The Morgan fingerprint density at radius 2 is 2.08 bits per heavy atom. The maximum absolute atomic E-state index is 12.7. The van der Waals surface area contributed by atoms with Gasteiger partial charge in [-0.05, 0) is 47.0 Å². The molecule has 0 fully saturated rings. The topological polar surface area (TPSA) is 41.6 Å². The van der Waals surface area contributed by atoms with Crippen molar-refractivity contribution in [2.45, 2.75) is 12.5 Å². The number of ether oxygens (including phenoxy) is 1. The molecule has 0 saturated carbocycles. The number of carbonyl (C=O) groups is 1. The Hall–Kier alpha value is -2.15. The van der Waals surface area contributed by atoms with E-state index in [1.54, 1.807) is 18.4 Å². The number of thiophene rings is 2. The van der Waals surface area contributed by atoms with E-state index in [9.17, 15) is 4.79 Å². The summed E-state index contributed by atoms with van der Waals surface area (Å²) in [5, 5.41) is 7.25. The van der Waals surface area contributed by atoms with Crippen molar-refractivity contribution in [1.82, 2.24) is 4.90 Å². The number of benzene rings is 1. The molecule has 0 spiro atoms. The van der Waals surface area contributed by atoms with Crippen LogP contribution in [-0.4, -0.2) is 31.0 Å². The van der Waals surface area contributed by atoms with Crippen LogP contribution in [-0.2, 0) is 11.2 Å². The van der Waals surface area contributed by atoms with Crippen molar-refractivity contribution in [3.63, 3.8) is 0 Å². The van der Waals surface area contributed by atoms with Gasteiger partial charge in [0.25, 0.3) is 0 Å². The normalized spacial score (nSPS) is 16.9. The molecule has 0 radical (unpaired) electrons. The van der Waals surface area contributed by atoms with Crippen LogP contribution in [0, 0.1) is 0 Å². The first-order valence-electron chi connectivity index (χ1n) is 8.53. The van der Waals surface area contributed by atoms with Gasteiger partial charge in [-0.3, -0.25) is 9.69 Å². The second-order valence-corrected chi connectivity index (χ2v) is 8.17. The molecule has 1 aliphatic rings. The average Bonchev–Trinajstić information content (AvgIpc) is 3.33. The fourth-order valence-corrected chi connectivity index (χ4v) is 5.22. The molecule has 1 aromatic carbocycles. The Morgan fingerprint density at radius 1 is 1.19 bits per heavy atom. The van der Waals surface area contributed by atoms with E-state index in [-0.39, 0.29) is 11.9 Å². The number of hydrogen-bond acceptors (Lipinski definition) is 5. The predicted octanol–water partition coefficient (Wildman–Crippen LogP) is 4.40. The van der Waals surface area contributed by atoms with Crippen molar-refractivity contribution in [2.75, 3.05) is 25.5 Å². The minimum Gasteiger partial charge on any atom is -0.495 e. The van der Waals surface area contributed by atoms with Crippen LogP contribution < -0.4 is 10.1 Å². The molecule has 0 bridgehead atoms. The van der Waals surface area contributed by atoms with Crippen LogP contribution in [0.2, 0.25) is 0 Å². The first-order chi connectivity index (χ1) is 12.8. The fourth-order valence-electron chi connectivity index (χ4n) is 3.44. The lowest BCUT2D eigenvalue weighted by atomic mass is 9.98. The second-order valence-electron chi connectivity index (χ2n) is 6.19. The van der Waals surface area contributed by atoms with Crippen molar-refractivity contribution < 1.29 is 9.53 Å². The van der Waals surface area contributed by atoms with E-state index in [0.29, 0.717) is 18.0 Å². The number of fused-ring (bicyclic) bond motifs is 1. The summed E-state index contributed by atoms with van der Waals surface area (Å²) < 4.78 is 5.33. The van der Waals surface area contributed by atoms with Crippen molar-refractivity contribution in [3.05, 3.63) is 68.5 Å². The lowest BCUT2D eigenvalue weighted by Gasteiger charge is -2.34. The maximum atomic E-state index is 12.7. The van der Waals surface area contributed by atoms with Crippen molar-refractivity contribution in [3.8, 4) is 5.75 Å². The average molecular weight is 385 g/mol. The molecule has 3 heterocycles. The first-order valence-corrected chi connectivity index (χ1v) is 10.3. The summed E-state index contributed by atoms with van der Waals surface area (Å²) in [6, 6.07) is 14.1. The Kier molecular flexibility index (Phi) is 5.06. The van der Waals surface area contributed by atoms with Gasteiger partial charge in [0.1, 0.15) is 5.75 Å². The van der Waals surface area contributed by atoms with Crippen LogP contribution >= 0.6 is 22.7 Å². The second kappa shape index (κ2) is 7.61. The number of rotatable bonds is 5. The van der Waals surface area contributed by atoms with E-state index >= 15 is 0 Å². The van der Waals surface area contributed by atoms with E-state index < -0.39 is 0 Å². The van der Waals surface area contributed by atoms with Crippen LogP contribution in [0.3, 0.4) is 0 Å². The number of anilines is 1. The summed E-state index contributed by atoms with van der Waals surface area (Å²) in [5.74, 6) is 0.657. The van der Waals surface area contributed by atoms with Crippen LogP contribution in [0.15, 0.2) is 53.2 Å². The molecule has 1 amide bonds. The lowest BCUT2D eigenvalue weighted by molar-refractivity contribution is -0.117. The quantitative estimate of drug-likeness (QED) is 0.709. The molecule has 134 valence electrons. The third-order valence-corrected chi connectivity index (χ3v) is 6.53. The standard InChI is InChI=1S/C20H20N2O2S2/c1-24-16-6-3-2-5-15(16)21-19(23)13-22-10-8-17-14(9-12-26-17)20(22)18-7-4-11-25-18/h2-7,9,11-12,20H,8,10,13H2,1H3,(H,21,23)/t20-/m1/s1. The van der Waals surface area contributed by atoms with Crippen LogP contribution in [0.5, 0.6) is 5.75 Å². The molecule has 4 nitrogen and oxygen atoms in total. The minimum atomic E-state index is -0.0188. The zero-order valence-corrected chi connectivity index (χ0v) is 16.1. The zero-order chi connectivity index (χ0) is 17.9. The van der Waals surface area contributed by atoms with Gasteiger partial charge in [-0.25, -0.2) is 0 Å². The van der Waals surface area contributed by atoms with Gasteiger partial charge in [0.05, 0.1) is 25.4 Å². The lowest BCUT2D eigenvalue weighted by Crippen LogP contribution is -2.40. The highest BCUT2D eigenvalue weighted by Crippen LogP contribution is 2.39. The highest BCUT2D eigenvalue weighted by Gasteiger charge is 2.31. The molecule has 4 rings (SSSR count). The highest BCUT2D eigenvalue weighted by atomic mass is 32.1. The Morgan fingerprint density at radius 3 is 2.88 bits per heavy atom. The maximum Gasteiger partial charge on any atom is 0.238 e. The number of nitrogens with one attached hydrogen (secondary N) is 1.